The van der Waals surface area contributed by atoms with Crippen LogP contribution in [0.3, 0.4) is 0 Å². The second kappa shape index (κ2) is 7.57. The van der Waals surface area contributed by atoms with Crippen molar-refractivity contribution in [3.8, 4) is 11.4 Å². The molecular formula is C17H12F5N7O. The molecule has 8 nitrogen and oxygen atoms in total. The van der Waals surface area contributed by atoms with Gasteiger partial charge in [0.25, 0.3) is 11.8 Å². The quantitative estimate of drug-likeness (QED) is 0.497. The Morgan fingerprint density at radius 3 is 2.30 bits per heavy atom. The molecule has 3 aromatic rings. The molecule has 0 spiro atoms. The van der Waals surface area contributed by atoms with E-state index in [9.17, 15) is 26.7 Å². The molecule has 3 heterocycles. The van der Waals surface area contributed by atoms with Gasteiger partial charge in [-0.2, -0.15) is 22.0 Å². The van der Waals surface area contributed by atoms with E-state index in [1.165, 1.54) is 18.7 Å². The maximum absolute atomic E-state index is 13.6. The monoisotopic (exact) mass is 425 g/mol. The third kappa shape index (κ3) is 4.61. The number of rotatable bonds is 5. The molecule has 0 fully saturated rings. The largest absolute Gasteiger partial charge is 0.433 e. The summed E-state index contributed by atoms with van der Waals surface area (Å²) in [5, 5.41) is 3.92. The van der Waals surface area contributed by atoms with Crippen molar-refractivity contribution >= 4 is 17.7 Å². The number of carbonyl (C=O) groups excluding carboxylic acids is 1. The highest BCUT2D eigenvalue weighted by Gasteiger charge is 2.36. The van der Waals surface area contributed by atoms with E-state index in [4.69, 9.17) is 5.73 Å². The van der Waals surface area contributed by atoms with Crippen molar-refractivity contribution < 1.29 is 26.7 Å². The number of hydrogen-bond acceptors (Lipinski definition) is 6. The maximum atomic E-state index is 13.6. The van der Waals surface area contributed by atoms with E-state index in [0.29, 0.717) is 13.0 Å². The van der Waals surface area contributed by atoms with Crippen LogP contribution in [0.4, 0.5) is 22.0 Å². The number of amides is 1. The molecule has 0 unspecified atom stereocenters. The highest BCUT2D eigenvalue weighted by atomic mass is 19.4. The van der Waals surface area contributed by atoms with Crippen LogP contribution in [0.2, 0.25) is 0 Å². The van der Waals surface area contributed by atoms with Crippen molar-refractivity contribution in [1.82, 2.24) is 29.7 Å². The van der Waals surface area contributed by atoms with Gasteiger partial charge < -0.3 is 5.73 Å². The van der Waals surface area contributed by atoms with Crippen molar-refractivity contribution in [2.75, 3.05) is 0 Å². The number of pyridine rings is 1. The van der Waals surface area contributed by atoms with Gasteiger partial charge >= 0.3 is 6.18 Å². The Morgan fingerprint density at radius 2 is 1.73 bits per heavy atom. The first-order valence-corrected chi connectivity index (χ1v) is 8.11. The number of nitrogens with two attached hydrogens (primary N) is 1. The molecule has 3 rings (SSSR count). The van der Waals surface area contributed by atoms with E-state index >= 15 is 0 Å². The first-order valence-electron chi connectivity index (χ1n) is 8.11. The molecule has 0 saturated carbocycles. The summed E-state index contributed by atoms with van der Waals surface area (Å²) in [5.74, 6) is -4.76. The summed E-state index contributed by atoms with van der Waals surface area (Å²) in [5.41, 5.74) is 2.61. The van der Waals surface area contributed by atoms with Gasteiger partial charge in [0, 0.05) is 36.6 Å². The second-order valence-electron chi connectivity index (χ2n) is 6.09. The summed E-state index contributed by atoms with van der Waals surface area (Å²) >= 11 is 0. The molecule has 3 aromatic heterocycles. The molecule has 0 aromatic carbocycles. The zero-order valence-electron chi connectivity index (χ0n) is 15.1. The molecule has 156 valence electrons. The summed E-state index contributed by atoms with van der Waals surface area (Å²) in [4.78, 5) is 26.0. The van der Waals surface area contributed by atoms with E-state index in [1.54, 1.807) is 0 Å². The average Bonchev–Trinajstić information content (AvgIpc) is 3.13. The van der Waals surface area contributed by atoms with Crippen molar-refractivity contribution in [1.29, 1.82) is 0 Å². The van der Waals surface area contributed by atoms with Gasteiger partial charge in [0.1, 0.15) is 24.0 Å². The number of halogens is 5. The number of carbonyl (C=O) groups is 1. The summed E-state index contributed by atoms with van der Waals surface area (Å²) in [6.45, 7) is 0.426. The van der Waals surface area contributed by atoms with Crippen LogP contribution in [-0.2, 0) is 16.9 Å². The van der Waals surface area contributed by atoms with E-state index in [2.05, 4.69) is 25.0 Å². The van der Waals surface area contributed by atoms with Gasteiger partial charge in [-0.05, 0) is 12.1 Å². The third-order valence-corrected chi connectivity index (χ3v) is 3.73. The smallest absolute Gasteiger partial charge is 0.366 e. The number of hydrogen-bond donors (Lipinski definition) is 1. The first kappa shape index (κ1) is 21.0. The van der Waals surface area contributed by atoms with Crippen LogP contribution in [0.1, 0.15) is 23.9 Å². The van der Waals surface area contributed by atoms with Gasteiger partial charge in [-0.15, -0.1) is 5.10 Å². The van der Waals surface area contributed by atoms with Crippen LogP contribution in [0, 0.1) is 0 Å². The Kier molecular flexibility index (Phi) is 5.29. The number of alkyl halides is 5. The lowest BCUT2D eigenvalue weighted by Crippen LogP contribution is -2.16. The van der Waals surface area contributed by atoms with Gasteiger partial charge in [0.15, 0.2) is 5.82 Å². The van der Waals surface area contributed by atoms with E-state index in [1.807, 2.05) is 0 Å². The molecular weight excluding hydrogens is 413 g/mol. The SMILES string of the molecule is CC(F)(F)c1cc(-c2ncn(/C=C(/C(N)=O)c3cncnc3)n2)cc(C(F)(F)F)n1. The fourth-order valence-electron chi connectivity index (χ4n) is 2.35. The third-order valence-electron chi connectivity index (χ3n) is 3.73. The lowest BCUT2D eigenvalue weighted by molar-refractivity contribution is -0.141. The van der Waals surface area contributed by atoms with Gasteiger partial charge in [0.05, 0.1) is 5.57 Å². The summed E-state index contributed by atoms with van der Waals surface area (Å²) in [6.07, 6.45) is 1.13. The number of primary amides is 1. The van der Waals surface area contributed by atoms with Crippen LogP contribution in [0.15, 0.2) is 37.2 Å². The Balaban J connectivity index is 2.06. The number of aromatic nitrogens is 6. The van der Waals surface area contributed by atoms with Gasteiger partial charge in [-0.3, -0.25) is 4.79 Å². The van der Waals surface area contributed by atoms with E-state index < -0.39 is 29.4 Å². The zero-order chi connectivity index (χ0) is 22.1. The molecule has 0 bridgehead atoms. The zero-order valence-corrected chi connectivity index (χ0v) is 15.1. The normalized spacial score (nSPS) is 12.8. The molecule has 1 amide bonds. The molecule has 13 heteroatoms. The Hall–Kier alpha value is -3.77. The minimum Gasteiger partial charge on any atom is -0.366 e. The maximum Gasteiger partial charge on any atom is 0.433 e. The van der Waals surface area contributed by atoms with Gasteiger partial charge in [-0.1, -0.05) is 0 Å². The molecule has 0 saturated heterocycles. The molecule has 0 aliphatic carbocycles. The topological polar surface area (TPSA) is 112 Å². The van der Waals surface area contributed by atoms with Crippen LogP contribution in [0.25, 0.3) is 23.2 Å². The van der Waals surface area contributed by atoms with Crippen LogP contribution in [0.5, 0.6) is 0 Å². The van der Waals surface area contributed by atoms with Crippen LogP contribution in [-0.4, -0.2) is 35.6 Å². The van der Waals surface area contributed by atoms with Gasteiger partial charge in [-0.25, -0.2) is 24.6 Å². The molecule has 30 heavy (non-hydrogen) atoms. The van der Waals surface area contributed by atoms with Crippen LogP contribution >= 0.6 is 0 Å². The van der Waals surface area contributed by atoms with Gasteiger partial charge in [0.2, 0.25) is 0 Å². The molecule has 0 aliphatic heterocycles. The summed E-state index contributed by atoms with van der Waals surface area (Å²) < 4.78 is 67.5. The number of nitrogens with zero attached hydrogens (tertiary/aromatic N) is 6. The standard InChI is InChI=1S/C17H12F5N7O/c1-16(18,19)12-2-9(3-13(27-12)17(20,21)22)15-26-8-29(28-15)6-11(14(23)30)10-4-24-7-25-5-10/h2-8H,1H3,(H2,23,30)/b11-6+. The Bertz CT molecular complexity index is 1070. The second-order valence-corrected chi connectivity index (χ2v) is 6.09. The van der Waals surface area contributed by atoms with Crippen LogP contribution < -0.4 is 5.73 Å². The first-order chi connectivity index (χ1) is 13.9. The predicted molar refractivity (Wildman–Crippen MR) is 93.2 cm³/mol. The van der Waals surface area contributed by atoms with Crippen molar-refractivity contribution in [2.45, 2.75) is 19.0 Å². The molecule has 0 radical (unpaired) electrons. The highest BCUT2D eigenvalue weighted by Crippen LogP contribution is 2.34. The van der Waals surface area contributed by atoms with Crippen molar-refractivity contribution in [3.63, 3.8) is 0 Å². The van der Waals surface area contributed by atoms with E-state index in [0.717, 1.165) is 23.3 Å². The molecule has 0 aliphatic rings. The molecule has 0 atom stereocenters. The Morgan fingerprint density at radius 1 is 1.10 bits per heavy atom. The fraction of sp³-hybridized carbons (Fsp3) is 0.176. The fourth-order valence-corrected chi connectivity index (χ4v) is 2.35. The minimum absolute atomic E-state index is 0.0569. The lowest BCUT2D eigenvalue weighted by atomic mass is 10.1. The lowest BCUT2D eigenvalue weighted by Gasteiger charge is -2.14. The summed E-state index contributed by atoms with van der Waals surface area (Å²) in [7, 11) is 0. The van der Waals surface area contributed by atoms with E-state index in [-0.39, 0.29) is 22.5 Å². The highest BCUT2D eigenvalue weighted by molar-refractivity contribution is 6.22. The predicted octanol–water partition coefficient (Wildman–Crippen LogP) is 2.74. The molecule has 2 N–H and O–H groups in total. The Labute approximate surface area is 165 Å². The van der Waals surface area contributed by atoms with Crippen molar-refractivity contribution in [3.05, 3.63) is 54.1 Å². The summed E-state index contributed by atoms with van der Waals surface area (Å²) in [6, 6.07) is 1.32. The van der Waals surface area contributed by atoms with Crippen molar-refractivity contribution in [2.24, 2.45) is 5.73 Å². The minimum atomic E-state index is -4.95. The average molecular weight is 425 g/mol.